The van der Waals surface area contributed by atoms with E-state index in [1.165, 1.54) is 0 Å². The molecule has 1 aromatic carbocycles. The van der Waals surface area contributed by atoms with Crippen LogP contribution in [0.2, 0.25) is 0 Å². The second-order valence-corrected chi connectivity index (χ2v) is 4.92. The highest BCUT2D eigenvalue weighted by Crippen LogP contribution is 2.30. The average molecular weight is 245 g/mol. The van der Waals surface area contributed by atoms with Gasteiger partial charge in [-0.3, -0.25) is 0 Å². The van der Waals surface area contributed by atoms with E-state index in [9.17, 15) is 0 Å². The molecule has 0 amide bonds. The lowest BCUT2D eigenvalue weighted by Crippen LogP contribution is -2.06. The first-order chi connectivity index (χ1) is 8.16. The van der Waals surface area contributed by atoms with Crippen molar-refractivity contribution in [3.05, 3.63) is 47.8 Å². The summed E-state index contributed by atoms with van der Waals surface area (Å²) in [5, 5.41) is 0.762. The molecule has 2 rings (SSSR count). The Bertz CT molecular complexity index is 512. The van der Waals surface area contributed by atoms with Crippen LogP contribution in [0, 0.1) is 6.92 Å². The second kappa shape index (κ2) is 5.29. The van der Waals surface area contributed by atoms with E-state index in [0.717, 1.165) is 21.3 Å². The summed E-state index contributed by atoms with van der Waals surface area (Å²) in [7, 11) is 0. The monoisotopic (exact) mass is 245 g/mol. The zero-order valence-electron chi connectivity index (χ0n) is 9.92. The molecule has 1 aromatic heterocycles. The summed E-state index contributed by atoms with van der Waals surface area (Å²) in [6.45, 7) is 3.94. The van der Waals surface area contributed by atoms with E-state index in [-0.39, 0.29) is 6.04 Å². The van der Waals surface area contributed by atoms with E-state index >= 15 is 0 Å². The standard InChI is InChI=1S/C13H15N3S/c1-9-7-8-15-13(16-9)17-12-6-4-3-5-11(12)10(2)14/h3-8,10H,14H2,1-2H3. The van der Waals surface area contributed by atoms with Crippen LogP contribution in [-0.4, -0.2) is 9.97 Å². The van der Waals surface area contributed by atoms with Gasteiger partial charge in [0.25, 0.3) is 0 Å². The van der Waals surface area contributed by atoms with Crippen LogP contribution in [0.25, 0.3) is 0 Å². The molecular formula is C13H15N3S. The fourth-order valence-electron chi connectivity index (χ4n) is 1.52. The van der Waals surface area contributed by atoms with Gasteiger partial charge in [-0.2, -0.15) is 0 Å². The molecule has 1 heterocycles. The largest absolute Gasteiger partial charge is 0.324 e. The van der Waals surface area contributed by atoms with Crippen LogP contribution in [0.1, 0.15) is 24.2 Å². The molecule has 17 heavy (non-hydrogen) atoms. The van der Waals surface area contributed by atoms with Gasteiger partial charge in [0, 0.05) is 22.8 Å². The summed E-state index contributed by atoms with van der Waals surface area (Å²) in [6, 6.07) is 10.0. The zero-order valence-corrected chi connectivity index (χ0v) is 10.7. The lowest BCUT2D eigenvalue weighted by molar-refractivity contribution is 0.796. The molecule has 0 aliphatic rings. The van der Waals surface area contributed by atoms with Crippen LogP contribution in [0.4, 0.5) is 0 Å². The molecule has 0 radical (unpaired) electrons. The van der Waals surface area contributed by atoms with Crippen molar-refractivity contribution < 1.29 is 0 Å². The third-order valence-electron chi connectivity index (χ3n) is 2.38. The predicted molar refractivity (Wildman–Crippen MR) is 69.9 cm³/mol. The van der Waals surface area contributed by atoms with Gasteiger partial charge in [0.1, 0.15) is 0 Å². The van der Waals surface area contributed by atoms with Crippen molar-refractivity contribution in [2.24, 2.45) is 5.73 Å². The van der Waals surface area contributed by atoms with Crippen LogP contribution in [0.15, 0.2) is 46.6 Å². The number of aromatic nitrogens is 2. The summed E-state index contributed by atoms with van der Waals surface area (Å²) < 4.78 is 0. The molecule has 0 spiro atoms. The van der Waals surface area contributed by atoms with E-state index in [1.807, 2.05) is 38.1 Å². The van der Waals surface area contributed by atoms with E-state index in [1.54, 1.807) is 18.0 Å². The molecule has 1 unspecified atom stereocenters. The summed E-state index contributed by atoms with van der Waals surface area (Å²) in [5.74, 6) is 0. The van der Waals surface area contributed by atoms with Gasteiger partial charge in [-0.05, 0) is 43.3 Å². The first-order valence-corrected chi connectivity index (χ1v) is 6.30. The molecule has 2 N–H and O–H groups in total. The zero-order chi connectivity index (χ0) is 12.3. The minimum absolute atomic E-state index is 0.0171. The van der Waals surface area contributed by atoms with Crippen molar-refractivity contribution in [1.82, 2.24) is 9.97 Å². The topological polar surface area (TPSA) is 51.8 Å². The minimum Gasteiger partial charge on any atom is -0.324 e. The third kappa shape index (κ3) is 3.05. The molecule has 2 aromatic rings. The van der Waals surface area contributed by atoms with Crippen LogP contribution >= 0.6 is 11.8 Å². The first kappa shape index (κ1) is 12.1. The molecule has 0 aliphatic carbocycles. The van der Waals surface area contributed by atoms with E-state index in [4.69, 9.17) is 5.73 Å². The Labute approximate surface area is 105 Å². The Morgan fingerprint density at radius 3 is 2.71 bits per heavy atom. The van der Waals surface area contributed by atoms with Crippen molar-refractivity contribution in [3.63, 3.8) is 0 Å². The maximum atomic E-state index is 5.94. The molecule has 0 aliphatic heterocycles. The highest BCUT2D eigenvalue weighted by Gasteiger charge is 2.08. The fourth-order valence-corrected chi connectivity index (χ4v) is 2.54. The summed E-state index contributed by atoms with van der Waals surface area (Å²) in [6.07, 6.45) is 1.78. The summed E-state index contributed by atoms with van der Waals surface area (Å²) in [4.78, 5) is 9.74. The van der Waals surface area contributed by atoms with Gasteiger partial charge in [0.15, 0.2) is 5.16 Å². The Morgan fingerprint density at radius 2 is 2.00 bits per heavy atom. The Morgan fingerprint density at radius 1 is 1.24 bits per heavy atom. The smallest absolute Gasteiger partial charge is 0.192 e. The van der Waals surface area contributed by atoms with E-state index in [0.29, 0.717) is 0 Å². The van der Waals surface area contributed by atoms with Crippen LogP contribution in [-0.2, 0) is 0 Å². The number of rotatable bonds is 3. The van der Waals surface area contributed by atoms with Gasteiger partial charge < -0.3 is 5.73 Å². The molecule has 88 valence electrons. The first-order valence-electron chi connectivity index (χ1n) is 5.49. The number of hydrogen-bond acceptors (Lipinski definition) is 4. The minimum atomic E-state index is 0.0171. The third-order valence-corrected chi connectivity index (χ3v) is 3.35. The van der Waals surface area contributed by atoms with Crippen molar-refractivity contribution in [2.45, 2.75) is 29.9 Å². The lowest BCUT2D eigenvalue weighted by atomic mass is 10.1. The second-order valence-electron chi connectivity index (χ2n) is 3.91. The van der Waals surface area contributed by atoms with Crippen LogP contribution in [0.5, 0.6) is 0 Å². The number of hydrogen-bond donors (Lipinski definition) is 1. The number of aryl methyl sites for hydroxylation is 1. The number of nitrogens with two attached hydrogens (primary N) is 1. The molecule has 1 atom stereocenters. The quantitative estimate of drug-likeness (QED) is 0.845. The molecule has 0 fully saturated rings. The fraction of sp³-hybridized carbons (Fsp3) is 0.231. The SMILES string of the molecule is Cc1ccnc(Sc2ccccc2C(C)N)n1. The number of benzene rings is 1. The Hall–Kier alpha value is -1.39. The Kier molecular flexibility index (Phi) is 3.76. The van der Waals surface area contributed by atoms with Gasteiger partial charge in [0.05, 0.1) is 0 Å². The molecule has 3 nitrogen and oxygen atoms in total. The predicted octanol–water partition coefficient (Wildman–Crippen LogP) is 2.96. The van der Waals surface area contributed by atoms with Crippen LogP contribution in [0.3, 0.4) is 0 Å². The van der Waals surface area contributed by atoms with E-state index < -0.39 is 0 Å². The van der Waals surface area contributed by atoms with E-state index in [2.05, 4.69) is 16.0 Å². The highest BCUT2D eigenvalue weighted by atomic mass is 32.2. The number of nitrogens with zero attached hydrogens (tertiary/aromatic N) is 2. The highest BCUT2D eigenvalue weighted by molar-refractivity contribution is 7.99. The normalized spacial score (nSPS) is 12.4. The molecular weight excluding hydrogens is 230 g/mol. The van der Waals surface area contributed by atoms with Crippen molar-refractivity contribution in [1.29, 1.82) is 0 Å². The van der Waals surface area contributed by atoms with Crippen LogP contribution < -0.4 is 5.73 Å². The Balaban J connectivity index is 2.30. The molecule has 4 heteroatoms. The lowest BCUT2D eigenvalue weighted by Gasteiger charge is -2.11. The van der Waals surface area contributed by atoms with Crippen molar-refractivity contribution in [3.8, 4) is 0 Å². The van der Waals surface area contributed by atoms with Crippen molar-refractivity contribution >= 4 is 11.8 Å². The summed E-state index contributed by atoms with van der Waals surface area (Å²) in [5.41, 5.74) is 8.04. The summed E-state index contributed by atoms with van der Waals surface area (Å²) >= 11 is 1.55. The maximum absolute atomic E-state index is 5.94. The molecule has 0 saturated carbocycles. The van der Waals surface area contributed by atoms with Gasteiger partial charge in [-0.1, -0.05) is 18.2 Å². The molecule has 0 bridgehead atoms. The van der Waals surface area contributed by atoms with Gasteiger partial charge in [-0.15, -0.1) is 0 Å². The van der Waals surface area contributed by atoms with Gasteiger partial charge in [-0.25, -0.2) is 9.97 Å². The maximum Gasteiger partial charge on any atom is 0.192 e. The molecule has 0 saturated heterocycles. The van der Waals surface area contributed by atoms with Gasteiger partial charge >= 0.3 is 0 Å². The van der Waals surface area contributed by atoms with Crippen molar-refractivity contribution in [2.75, 3.05) is 0 Å². The van der Waals surface area contributed by atoms with Gasteiger partial charge in [0.2, 0.25) is 0 Å². The average Bonchev–Trinajstić information content (AvgIpc) is 2.29.